The number of carbonyl (C=O) groups is 1. The smallest absolute Gasteiger partial charge is 0.289 e. The first kappa shape index (κ1) is 11.2. The third kappa shape index (κ3) is 1.74. The lowest BCUT2D eigenvalue weighted by Crippen LogP contribution is -2.28. The quantitative estimate of drug-likeness (QED) is 0.894. The second kappa shape index (κ2) is 4.38. The number of rotatable bonds is 2. The fourth-order valence-electron chi connectivity index (χ4n) is 2.08. The fourth-order valence-corrected chi connectivity index (χ4v) is 2.72. The molecule has 2 aromatic rings. The van der Waals surface area contributed by atoms with E-state index in [1.807, 2.05) is 18.2 Å². The van der Waals surface area contributed by atoms with Crippen LogP contribution in [-0.2, 0) is 6.42 Å². The second-order valence-electron chi connectivity index (χ2n) is 4.00. The molecular formula is C12H12N4OS. The van der Waals surface area contributed by atoms with Gasteiger partial charge in [0.05, 0.1) is 0 Å². The van der Waals surface area contributed by atoms with E-state index in [0.29, 0.717) is 16.7 Å². The maximum Gasteiger partial charge on any atom is 0.289 e. The second-order valence-corrected chi connectivity index (χ2v) is 4.98. The van der Waals surface area contributed by atoms with Crippen LogP contribution in [0.5, 0.6) is 0 Å². The minimum absolute atomic E-state index is 0.0704. The van der Waals surface area contributed by atoms with Gasteiger partial charge in [-0.25, -0.2) is 0 Å². The molecule has 5 nitrogen and oxygen atoms in total. The van der Waals surface area contributed by atoms with Crippen molar-refractivity contribution in [2.24, 2.45) is 0 Å². The molecule has 18 heavy (non-hydrogen) atoms. The summed E-state index contributed by atoms with van der Waals surface area (Å²) in [5.41, 5.74) is 2.20. The zero-order chi connectivity index (χ0) is 12.5. The maximum absolute atomic E-state index is 12.3. The summed E-state index contributed by atoms with van der Waals surface area (Å²) in [4.78, 5) is 14.1. The van der Waals surface area contributed by atoms with Gasteiger partial charge >= 0.3 is 0 Å². The van der Waals surface area contributed by atoms with Crippen LogP contribution >= 0.6 is 11.3 Å². The lowest BCUT2D eigenvalue weighted by Gasteiger charge is -2.14. The monoisotopic (exact) mass is 260 g/mol. The molecular weight excluding hydrogens is 248 g/mol. The summed E-state index contributed by atoms with van der Waals surface area (Å²) in [6, 6.07) is 7.97. The van der Waals surface area contributed by atoms with Crippen LogP contribution in [0.3, 0.4) is 0 Å². The van der Waals surface area contributed by atoms with Crippen LogP contribution < -0.4 is 10.2 Å². The van der Waals surface area contributed by atoms with Gasteiger partial charge in [-0.1, -0.05) is 29.5 Å². The predicted octanol–water partition coefficient (Wildman–Crippen LogP) is 1.78. The molecule has 1 aromatic carbocycles. The van der Waals surface area contributed by atoms with Crippen LogP contribution in [-0.4, -0.2) is 29.7 Å². The molecule has 1 aliphatic heterocycles. The number of para-hydroxylation sites is 1. The van der Waals surface area contributed by atoms with Gasteiger partial charge in [0.25, 0.3) is 5.91 Å². The highest BCUT2D eigenvalue weighted by molar-refractivity contribution is 7.17. The Labute approximate surface area is 108 Å². The molecule has 6 heteroatoms. The molecule has 0 saturated carbocycles. The van der Waals surface area contributed by atoms with E-state index < -0.39 is 0 Å². The molecule has 0 bridgehead atoms. The van der Waals surface area contributed by atoms with Crippen LogP contribution in [0.1, 0.15) is 15.4 Å². The van der Waals surface area contributed by atoms with E-state index in [2.05, 4.69) is 21.6 Å². The molecule has 2 heterocycles. The molecule has 1 amide bonds. The van der Waals surface area contributed by atoms with Crippen molar-refractivity contribution in [3.8, 4) is 0 Å². The van der Waals surface area contributed by atoms with E-state index >= 15 is 0 Å². The molecule has 1 N–H and O–H groups in total. The SMILES string of the molecule is CNc1nnc(C(=O)N2CCc3ccccc32)s1. The fraction of sp³-hybridized carbons (Fsp3) is 0.250. The van der Waals surface area contributed by atoms with Gasteiger partial charge in [-0.05, 0) is 18.1 Å². The maximum atomic E-state index is 12.3. The molecule has 0 saturated heterocycles. The summed E-state index contributed by atoms with van der Waals surface area (Å²) in [5, 5.41) is 11.8. The minimum Gasteiger partial charge on any atom is -0.363 e. The molecule has 1 aliphatic rings. The molecule has 0 radical (unpaired) electrons. The van der Waals surface area contributed by atoms with Crippen molar-refractivity contribution >= 4 is 28.1 Å². The molecule has 1 aromatic heterocycles. The summed E-state index contributed by atoms with van der Waals surface area (Å²) >= 11 is 1.28. The normalized spacial score (nSPS) is 13.5. The largest absolute Gasteiger partial charge is 0.363 e. The molecule has 0 atom stereocenters. The number of hydrogen-bond acceptors (Lipinski definition) is 5. The highest BCUT2D eigenvalue weighted by Crippen LogP contribution is 2.29. The number of anilines is 2. The van der Waals surface area contributed by atoms with E-state index in [9.17, 15) is 4.79 Å². The van der Waals surface area contributed by atoms with Crippen molar-refractivity contribution in [3.05, 3.63) is 34.8 Å². The zero-order valence-electron chi connectivity index (χ0n) is 9.88. The predicted molar refractivity (Wildman–Crippen MR) is 71.3 cm³/mol. The van der Waals surface area contributed by atoms with Crippen LogP contribution in [0.4, 0.5) is 10.8 Å². The number of benzene rings is 1. The Bertz CT molecular complexity index is 595. The highest BCUT2D eigenvalue weighted by atomic mass is 32.1. The Morgan fingerprint density at radius 3 is 3.00 bits per heavy atom. The third-order valence-electron chi connectivity index (χ3n) is 2.95. The van der Waals surface area contributed by atoms with E-state index in [1.165, 1.54) is 16.9 Å². The Kier molecular flexibility index (Phi) is 2.71. The van der Waals surface area contributed by atoms with Crippen molar-refractivity contribution in [1.29, 1.82) is 0 Å². The summed E-state index contributed by atoms with van der Waals surface area (Å²) in [6.45, 7) is 0.715. The first-order valence-electron chi connectivity index (χ1n) is 5.70. The summed E-state index contributed by atoms with van der Waals surface area (Å²) < 4.78 is 0. The average molecular weight is 260 g/mol. The van der Waals surface area contributed by atoms with Gasteiger partial charge in [0.1, 0.15) is 0 Å². The Hall–Kier alpha value is -1.95. The number of carbonyl (C=O) groups excluding carboxylic acids is 1. The first-order chi connectivity index (χ1) is 8.79. The number of nitrogens with zero attached hydrogens (tertiary/aromatic N) is 3. The standard InChI is InChI=1S/C12H12N4OS/c1-13-12-15-14-10(18-12)11(17)16-7-6-8-4-2-3-5-9(8)16/h2-5H,6-7H2,1H3,(H,13,15). The van der Waals surface area contributed by atoms with Crippen LogP contribution in [0.25, 0.3) is 0 Å². The lowest BCUT2D eigenvalue weighted by molar-refractivity contribution is 0.0988. The average Bonchev–Trinajstić information content (AvgIpc) is 3.04. The van der Waals surface area contributed by atoms with Crippen molar-refractivity contribution in [1.82, 2.24) is 10.2 Å². The molecule has 92 valence electrons. The Morgan fingerprint density at radius 2 is 2.22 bits per heavy atom. The first-order valence-corrected chi connectivity index (χ1v) is 6.52. The van der Waals surface area contributed by atoms with E-state index in [0.717, 1.165) is 12.1 Å². The molecule has 0 fully saturated rings. The van der Waals surface area contributed by atoms with Gasteiger partial charge in [-0.3, -0.25) is 4.79 Å². The topological polar surface area (TPSA) is 58.1 Å². The molecule has 0 spiro atoms. The number of fused-ring (bicyclic) bond motifs is 1. The van der Waals surface area contributed by atoms with E-state index in [4.69, 9.17) is 0 Å². The number of amides is 1. The lowest BCUT2D eigenvalue weighted by atomic mass is 10.2. The summed E-state index contributed by atoms with van der Waals surface area (Å²) in [7, 11) is 1.76. The van der Waals surface area contributed by atoms with Crippen molar-refractivity contribution in [3.63, 3.8) is 0 Å². The van der Waals surface area contributed by atoms with Gasteiger partial charge in [0.15, 0.2) is 0 Å². The molecule has 0 aliphatic carbocycles. The number of nitrogens with one attached hydrogen (secondary N) is 1. The highest BCUT2D eigenvalue weighted by Gasteiger charge is 2.27. The van der Waals surface area contributed by atoms with Gasteiger partial charge in [-0.15, -0.1) is 10.2 Å². The van der Waals surface area contributed by atoms with Gasteiger partial charge in [-0.2, -0.15) is 0 Å². The number of aromatic nitrogens is 2. The third-order valence-corrected chi connectivity index (χ3v) is 3.88. The zero-order valence-corrected chi connectivity index (χ0v) is 10.7. The molecule has 0 unspecified atom stereocenters. The van der Waals surface area contributed by atoms with E-state index in [1.54, 1.807) is 11.9 Å². The Balaban J connectivity index is 1.90. The van der Waals surface area contributed by atoms with Gasteiger partial charge < -0.3 is 10.2 Å². The van der Waals surface area contributed by atoms with Crippen molar-refractivity contribution < 1.29 is 4.79 Å². The molecule has 3 rings (SSSR count). The van der Waals surface area contributed by atoms with Crippen molar-refractivity contribution in [2.45, 2.75) is 6.42 Å². The number of hydrogen-bond donors (Lipinski definition) is 1. The van der Waals surface area contributed by atoms with E-state index in [-0.39, 0.29) is 5.91 Å². The Morgan fingerprint density at radius 1 is 1.39 bits per heavy atom. The minimum atomic E-state index is -0.0704. The van der Waals surface area contributed by atoms with Gasteiger partial charge in [0, 0.05) is 19.3 Å². The van der Waals surface area contributed by atoms with Crippen molar-refractivity contribution in [2.75, 3.05) is 23.8 Å². The van der Waals surface area contributed by atoms with Crippen LogP contribution in [0.2, 0.25) is 0 Å². The van der Waals surface area contributed by atoms with Gasteiger partial charge in [0.2, 0.25) is 10.1 Å². The van der Waals surface area contributed by atoms with Crippen LogP contribution in [0.15, 0.2) is 24.3 Å². The summed E-state index contributed by atoms with van der Waals surface area (Å²) in [6.07, 6.45) is 0.902. The van der Waals surface area contributed by atoms with Crippen LogP contribution in [0, 0.1) is 0 Å². The summed E-state index contributed by atoms with van der Waals surface area (Å²) in [5.74, 6) is -0.0704.